The van der Waals surface area contributed by atoms with Crippen LogP contribution in [0.1, 0.15) is 12.5 Å². The molecule has 1 heterocycles. The van der Waals surface area contributed by atoms with Crippen molar-refractivity contribution in [2.75, 3.05) is 33.9 Å². The fourth-order valence-corrected chi connectivity index (χ4v) is 2.94. The summed E-state index contributed by atoms with van der Waals surface area (Å²) in [4.78, 5) is 25.5. The normalized spacial score (nSPS) is 19.9. The minimum atomic E-state index is -0.212. The molecule has 0 aliphatic carbocycles. The summed E-state index contributed by atoms with van der Waals surface area (Å²) in [5.74, 6) is 0.894. The van der Waals surface area contributed by atoms with E-state index in [0.29, 0.717) is 24.6 Å². The summed E-state index contributed by atoms with van der Waals surface area (Å²) in [6.45, 7) is 2.20. The number of likely N-dealkylation sites (tertiary alicyclic amines) is 1. The van der Waals surface area contributed by atoms with Gasteiger partial charge in [-0.3, -0.25) is 9.59 Å². The van der Waals surface area contributed by atoms with Gasteiger partial charge in [0.15, 0.2) is 0 Å². The average molecular weight is 336 g/mol. The molecule has 7 heteroatoms. The summed E-state index contributed by atoms with van der Waals surface area (Å²) in [5.41, 5.74) is 0.791. The molecule has 1 saturated heterocycles. The van der Waals surface area contributed by atoms with Gasteiger partial charge >= 0.3 is 0 Å². The Labute approximate surface area is 141 Å². The zero-order valence-electron chi connectivity index (χ0n) is 14.2. The van der Waals surface area contributed by atoms with Gasteiger partial charge in [-0.25, -0.2) is 0 Å². The molecule has 1 fully saturated rings. The summed E-state index contributed by atoms with van der Waals surface area (Å²) in [5, 5.41) is 12.2. The zero-order valence-corrected chi connectivity index (χ0v) is 14.2. The van der Waals surface area contributed by atoms with Crippen LogP contribution in [-0.4, -0.2) is 61.8 Å². The fourth-order valence-electron chi connectivity index (χ4n) is 2.94. The Balaban J connectivity index is 2.06. The number of aliphatic hydroxyl groups is 1. The number of aliphatic hydroxyl groups excluding tert-OH is 1. The van der Waals surface area contributed by atoms with Crippen LogP contribution in [0.2, 0.25) is 0 Å². The van der Waals surface area contributed by atoms with E-state index in [9.17, 15) is 14.7 Å². The third-order valence-electron chi connectivity index (χ3n) is 4.18. The highest BCUT2D eigenvalue weighted by molar-refractivity contribution is 5.80. The van der Waals surface area contributed by atoms with E-state index in [4.69, 9.17) is 9.47 Å². The molecule has 0 radical (unpaired) electrons. The molecular weight excluding hydrogens is 312 g/mol. The van der Waals surface area contributed by atoms with Crippen molar-refractivity contribution in [3.05, 3.63) is 23.8 Å². The number of carbonyl (C=O) groups excluding carboxylic acids is 2. The molecule has 2 atom stereocenters. The molecular formula is C17H24N2O5. The second-order valence-corrected chi connectivity index (χ2v) is 5.95. The van der Waals surface area contributed by atoms with Crippen molar-refractivity contribution in [2.45, 2.75) is 19.4 Å². The molecule has 2 N–H and O–H groups in total. The van der Waals surface area contributed by atoms with Gasteiger partial charge in [-0.2, -0.15) is 0 Å². The number of hydrogen-bond acceptors (Lipinski definition) is 5. The maximum Gasteiger partial charge on any atom is 0.227 e. The third kappa shape index (κ3) is 4.38. The molecule has 1 aromatic rings. The Bertz CT molecular complexity index is 582. The van der Waals surface area contributed by atoms with Crippen molar-refractivity contribution >= 4 is 11.8 Å². The lowest BCUT2D eigenvalue weighted by atomic mass is 10.1. The van der Waals surface area contributed by atoms with Gasteiger partial charge in [0.05, 0.1) is 26.7 Å². The molecule has 1 aliphatic rings. The maximum absolute atomic E-state index is 12.6. The lowest BCUT2D eigenvalue weighted by Gasteiger charge is -2.17. The second kappa shape index (κ2) is 8.01. The summed E-state index contributed by atoms with van der Waals surface area (Å²) in [6.07, 6.45) is 0.207. The monoisotopic (exact) mass is 336 g/mol. The third-order valence-corrected chi connectivity index (χ3v) is 4.18. The summed E-state index contributed by atoms with van der Waals surface area (Å²) in [7, 11) is 3.12. The molecule has 0 saturated carbocycles. The first kappa shape index (κ1) is 18.1. The van der Waals surface area contributed by atoms with Crippen molar-refractivity contribution in [3.8, 4) is 11.5 Å². The maximum atomic E-state index is 12.6. The predicted molar refractivity (Wildman–Crippen MR) is 88.0 cm³/mol. The first-order chi connectivity index (χ1) is 11.5. The van der Waals surface area contributed by atoms with Gasteiger partial charge in [0.1, 0.15) is 11.5 Å². The van der Waals surface area contributed by atoms with Gasteiger partial charge in [0.25, 0.3) is 0 Å². The highest BCUT2D eigenvalue weighted by Crippen LogP contribution is 2.24. The Morgan fingerprint density at radius 2 is 1.83 bits per heavy atom. The fraction of sp³-hybridized carbons (Fsp3) is 0.529. The second-order valence-electron chi connectivity index (χ2n) is 5.95. The molecule has 0 spiro atoms. The van der Waals surface area contributed by atoms with Crippen LogP contribution in [0.25, 0.3) is 0 Å². The molecule has 0 aromatic heterocycles. The van der Waals surface area contributed by atoms with Gasteiger partial charge in [0.2, 0.25) is 11.8 Å². The largest absolute Gasteiger partial charge is 0.497 e. The van der Waals surface area contributed by atoms with Crippen LogP contribution in [0, 0.1) is 5.92 Å². The Hall–Kier alpha value is -2.28. The molecule has 24 heavy (non-hydrogen) atoms. The van der Waals surface area contributed by atoms with E-state index in [-0.39, 0.29) is 36.8 Å². The molecule has 0 bridgehead atoms. The molecule has 7 nitrogen and oxygen atoms in total. The Kier molecular flexibility index (Phi) is 6.03. The number of benzene rings is 1. The topological polar surface area (TPSA) is 88.1 Å². The van der Waals surface area contributed by atoms with Crippen molar-refractivity contribution in [1.29, 1.82) is 0 Å². The average Bonchev–Trinajstić information content (AvgIpc) is 2.96. The lowest BCUT2D eigenvalue weighted by molar-refractivity contribution is -0.130. The summed E-state index contributed by atoms with van der Waals surface area (Å²) >= 11 is 0. The van der Waals surface area contributed by atoms with Crippen LogP contribution in [0.15, 0.2) is 18.2 Å². The van der Waals surface area contributed by atoms with E-state index in [1.165, 1.54) is 6.92 Å². The molecule has 132 valence electrons. The van der Waals surface area contributed by atoms with E-state index in [0.717, 1.165) is 5.56 Å². The van der Waals surface area contributed by atoms with Crippen molar-refractivity contribution in [2.24, 2.45) is 5.92 Å². The Morgan fingerprint density at radius 3 is 2.33 bits per heavy atom. The quantitative estimate of drug-likeness (QED) is 0.775. The van der Waals surface area contributed by atoms with E-state index in [1.54, 1.807) is 37.3 Å². The SMILES string of the molecule is COc1cc(CC(=O)N2C[C@@H](CO)[C@H](NC(C)=O)C2)cc(OC)c1. The van der Waals surface area contributed by atoms with Crippen LogP contribution in [0.5, 0.6) is 11.5 Å². The molecule has 2 amide bonds. The number of carbonyl (C=O) groups is 2. The molecule has 1 aliphatic heterocycles. The van der Waals surface area contributed by atoms with E-state index in [2.05, 4.69) is 5.32 Å². The van der Waals surface area contributed by atoms with Crippen LogP contribution < -0.4 is 14.8 Å². The number of amides is 2. The minimum absolute atomic E-state index is 0.0587. The van der Waals surface area contributed by atoms with E-state index < -0.39 is 0 Å². The van der Waals surface area contributed by atoms with E-state index in [1.807, 2.05) is 0 Å². The number of hydrogen-bond donors (Lipinski definition) is 2. The van der Waals surface area contributed by atoms with Gasteiger partial charge < -0.3 is 24.8 Å². The standard InChI is InChI=1S/C17H24N2O5/c1-11(21)18-16-9-19(8-13(16)10-20)17(22)6-12-4-14(23-2)7-15(5-12)24-3/h4-5,7,13,16,20H,6,8-10H2,1-3H3,(H,18,21)/t13-,16+/m0/s1. The highest BCUT2D eigenvalue weighted by Gasteiger charge is 2.35. The van der Waals surface area contributed by atoms with Gasteiger partial charge in [-0.1, -0.05) is 0 Å². The number of rotatable bonds is 6. The highest BCUT2D eigenvalue weighted by atomic mass is 16.5. The Morgan fingerprint density at radius 1 is 1.21 bits per heavy atom. The van der Waals surface area contributed by atoms with Crippen LogP contribution >= 0.6 is 0 Å². The van der Waals surface area contributed by atoms with Crippen molar-refractivity contribution in [3.63, 3.8) is 0 Å². The number of ether oxygens (including phenoxy) is 2. The number of nitrogens with one attached hydrogen (secondary N) is 1. The number of nitrogens with zero attached hydrogens (tertiary/aromatic N) is 1. The van der Waals surface area contributed by atoms with Gasteiger partial charge in [-0.15, -0.1) is 0 Å². The minimum Gasteiger partial charge on any atom is -0.497 e. The van der Waals surface area contributed by atoms with Gasteiger partial charge in [-0.05, 0) is 17.7 Å². The smallest absolute Gasteiger partial charge is 0.227 e. The summed E-state index contributed by atoms with van der Waals surface area (Å²) < 4.78 is 10.4. The van der Waals surface area contributed by atoms with Crippen LogP contribution in [0.3, 0.4) is 0 Å². The van der Waals surface area contributed by atoms with Crippen molar-refractivity contribution < 1.29 is 24.2 Å². The first-order valence-corrected chi connectivity index (χ1v) is 7.84. The first-order valence-electron chi connectivity index (χ1n) is 7.84. The molecule has 1 aromatic carbocycles. The van der Waals surface area contributed by atoms with Crippen LogP contribution in [0.4, 0.5) is 0 Å². The molecule has 2 rings (SSSR count). The van der Waals surface area contributed by atoms with Crippen LogP contribution in [-0.2, 0) is 16.0 Å². The zero-order chi connectivity index (χ0) is 17.7. The number of methoxy groups -OCH3 is 2. The summed E-state index contributed by atoms with van der Waals surface area (Å²) in [6, 6.07) is 5.13. The van der Waals surface area contributed by atoms with E-state index >= 15 is 0 Å². The predicted octanol–water partition coefficient (Wildman–Crippen LogP) is 0.202. The van der Waals surface area contributed by atoms with Crippen molar-refractivity contribution in [1.82, 2.24) is 10.2 Å². The molecule has 0 unspecified atom stereocenters. The lowest BCUT2D eigenvalue weighted by Crippen LogP contribution is -2.40. The van der Waals surface area contributed by atoms with Gasteiger partial charge in [0, 0.05) is 38.6 Å².